The summed E-state index contributed by atoms with van der Waals surface area (Å²) in [6.45, 7) is 3.75. The Kier molecular flexibility index (Phi) is 5.69. The first-order valence-corrected chi connectivity index (χ1v) is 12.4. The molecule has 170 valence electrons. The van der Waals surface area contributed by atoms with Gasteiger partial charge in [0, 0.05) is 42.6 Å². The Balaban J connectivity index is 1.33. The fourth-order valence-corrected chi connectivity index (χ4v) is 5.27. The van der Waals surface area contributed by atoms with Gasteiger partial charge >= 0.3 is 10.2 Å². The summed E-state index contributed by atoms with van der Waals surface area (Å²) in [5.41, 5.74) is 4.30. The van der Waals surface area contributed by atoms with Crippen LogP contribution in [-0.4, -0.2) is 53.9 Å². The highest BCUT2D eigenvalue weighted by molar-refractivity contribution is 7.90. The van der Waals surface area contributed by atoms with Crippen molar-refractivity contribution in [3.63, 3.8) is 0 Å². The molecule has 8 nitrogen and oxygen atoms in total. The van der Waals surface area contributed by atoms with Crippen molar-refractivity contribution in [2.24, 2.45) is 0 Å². The molecule has 10 heteroatoms. The van der Waals surface area contributed by atoms with Crippen LogP contribution in [0, 0.1) is 6.92 Å². The van der Waals surface area contributed by atoms with Crippen LogP contribution >= 0.6 is 11.6 Å². The standard InChI is InChI=1S/C23H23ClN6O2S/c1-16-2-8-19(9-3-16)28-33(31,32)30-12-10-29(11-13-30)23-20-14-21(27-22(20)25-15-26-23)17-4-6-18(24)7-5-17/h2-9,14-15,28H,10-13H2,1H3,(H,25,26,27). The van der Waals surface area contributed by atoms with Crippen LogP contribution in [0.5, 0.6) is 0 Å². The minimum atomic E-state index is -3.63. The fourth-order valence-electron chi connectivity index (χ4n) is 3.94. The van der Waals surface area contributed by atoms with Gasteiger partial charge in [-0.3, -0.25) is 4.72 Å². The molecule has 2 aromatic carbocycles. The average molecular weight is 483 g/mol. The summed E-state index contributed by atoms with van der Waals surface area (Å²) in [4.78, 5) is 14.3. The maximum Gasteiger partial charge on any atom is 0.301 e. The number of aromatic nitrogens is 3. The molecule has 0 atom stereocenters. The van der Waals surface area contributed by atoms with Gasteiger partial charge in [-0.05, 0) is 42.8 Å². The van der Waals surface area contributed by atoms with Crippen LogP contribution in [0.4, 0.5) is 11.5 Å². The molecule has 0 unspecified atom stereocenters. The normalized spacial score (nSPS) is 15.2. The van der Waals surface area contributed by atoms with E-state index in [-0.39, 0.29) is 0 Å². The van der Waals surface area contributed by atoms with E-state index in [4.69, 9.17) is 11.6 Å². The predicted molar refractivity (Wildman–Crippen MR) is 132 cm³/mol. The summed E-state index contributed by atoms with van der Waals surface area (Å²) >= 11 is 6.01. The molecular weight excluding hydrogens is 460 g/mol. The molecule has 0 bridgehead atoms. The Morgan fingerprint density at radius 1 is 0.970 bits per heavy atom. The SMILES string of the molecule is Cc1ccc(NS(=O)(=O)N2CCN(c3ncnc4[nH]c(-c5ccc(Cl)cc5)cc34)CC2)cc1. The zero-order valence-electron chi connectivity index (χ0n) is 18.0. The summed E-state index contributed by atoms with van der Waals surface area (Å²) < 4.78 is 29.8. The Morgan fingerprint density at radius 2 is 1.67 bits per heavy atom. The maximum absolute atomic E-state index is 12.8. The molecular formula is C23H23ClN6O2S. The van der Waals surface area contributed by atoms with E-state index in [1.54, 1.807) is 12.1 Å². The van der Waals surface area contributed by atoms with Crippen LogP contribution < -0.4 is 9.62 Å². The van der Waals surface area contributed by atoms with Crippen LogP contribution in [0.2, 0.25) is 5.02 Å². The molecule has 0 spiro atoms. The lowest BCUT2D eigenvalue weighted by atomic mass is 10.1. The molecule has 4 aromatic rings. The quantitative estimate of drug-likeness (QED) is 0.447. The van der Waals surface area contributed by atoms with E-state index in [1.165, 1.54) is 10.6 Å². The van der Waals surface area contributed by atoms with E-state index < -0.39 is 10.2 Å². The molecule has 2 N–H and O–H groups in total. The Labute approximate surface area is 197 Å². The summed E-state index contributed by atoms with van der Waals surface area (Å²) in [7, 11) is -3.63. The Morgan fingerprint density at radius 3 is 2.36 bits per heavy atom. The van der Waals surface area contributed by atoms with E-state index in [0.717, 1.165) is 33.7 Å². The van der Waals surface area contributed by atoms with Gasteiger partial charge in [-0.25, -0.2) is 9.97 Å². The van der Waals surface area contributed by atoms with E-state index >= 15 is 0 Å². The van der Waals surface area contributed by atoms with E-state index in [1.807, 2.05) is 49.4 Å². The van der Waals surface area contributed by atoms with Crippen molar-refractivity contribution in [2.75, 3.05) is 35.8 Å². The number of aryl methyl sites for hydroxylation is 1. The van der Waals surface area contributed by atoms with Gasteiger partial charge in [-0.2, -0.15) is 12.7 Å². The van der Waals surface area contributed by atoms with Gasteiger partial charge in [0.2, 0.25) is 0 Å². The lowest BCUT2D eigenvalue weighted by Gasteiger charge is -2.34. The van der Waals surface area contributed by atoms with E-state index in [9.17, 15) is 8.42 Å². The van der Waals surface area contributed by atoms with Crippen LogP contribution in [0.1, 0.15) is 5.56 Å². The number of rotatable bonds is 5. The number of hydrogen-bond acceptors (Lipinski definition) is 5. The van der Waals surface area contributed by atoms with Crippen molar-refractivity contribution in [3.8, 4) is 11.3 Å². The molecule has 0 aliphatic carbocycles. The largest absolute Gasteiger partial charge is 0.353 e. The molecule has 1 saturated heterocycles. The van der Waals surface area contributed by atoms with Crippen molar-refractivity contribution in [1.29, 1.82) is 0 Å². The number of fused-ring (bicyclic) bond motifs is 1. The first-order chi connectivity index (χ1) is 15.9. The monoisotopic (exact) mass is 482 g/mol. The predicted octanol–water partition coefficient (Wildman–Crippen LogP) is 4.07. The van der Waals surface area contributed by atoms with Crippen LogP contribution in [-0.2, 0) is 10.2 Å². The topological polar surface area (TPSA) is 94.2 Å². The number of H-pyrrole nitrogens is 1. The van der Waals surface area contributed by atoms with Gasteiger partial charge in [0.25, 0.3) is 0 Å². The Bertz CT molecular complexity index is 1380. The third kappa shape index (κ3) is 4.52. The highest BCUT2D eigenvalue weighted by Crippen LogP contribution is 2.30. The molecule has 2 aromatic heterocycles. The number of anilines is 2. The van der Waals surface area contributed by atoms with Gasteiger partial charge in [0.1, 0.15) is 17.8 Å². The third-order valence-electron chi connectivity index (χ3n) is 5.74. The van der Waals surface area contributed by atoms with Gasteiger partial charge in [-0.1, -0.05) is 41.4 Å². The van der Waals surface area contributed by atoms with Crippen LogP contribution in [0.25, 0.3) is 22.3 Å². The molecule has 0 amide bonds. The van der Waals surface area contributed by atoms with Gasteiger partial charge in [0.15, 0.2) is 0 Å². The van der Waals surface area contributed by atoms with Gasteiger partial charge in [0.05, 0.1) is 5.39 Å². The van der Waals surface area contributed by atoms with Gasteiger partial charge < -0.3 is 9.88 Å². The highest BCUT2D eigenvalue weighted by atomic mass is 35.5. The second kappa shape index (κ2) is 8.66. The first-order valence-electron chi connectivity index (χ1n) is 10.6. The zero-order valence-corrected chi connectivity index (χ0v) is 19.6. The number of nitrogens with one attached hydrogen (secondary N) is 2. The molecule has 1 fully saturated rings. The minimum absolute atomic E-state index is 0.362. The maximum atomic E-state index is 12.8. The Hall–Kier alpha value is -3.14. The summed E-state index contributed by atoms with van der Waals surface area (Å²) in [6, 6.07) is 16.9. The van der Waals surface area contributed by atoms with Crippen molar-refractivity contribution in [3.05, 3.63) is 71.5 Å². The third-order valence-corrected chi connectivity index (χ3v) is 7.53. The zero-order chi connectivity index (χ0) is 23.0. The smallest absolute Gasteiger partial charge is 0.301 e. The fraction of sp³-hybridized carbons (Fsp3) is 0.217. The lowest BCUT2D eigenvalue weighted by molar-refractivity contribution is 0.387. The number of benzene rings is 2. The van der Waals surface area contributed by atoms with Crippen molar-refractivity contribution >= 4 is 44.3 Å². The number of halogens is 1. The second-order valence-electron chi connectivity index (χ2n) is 8.01. The van der Waals surface area contributed by atoms with Crippen molar-refractivity contribution < 1.29 is 8.42 Å². The second-order valence-corrected chi connectivity index (χ2v) is 10.1. The van der Waals surface area contributed by atoms with E-state index in [0.29, 0.717) is 36.9 Å². The summed E-state index contributed by atoms with van der Waals surface area (Å²) in [5.74, 6) is 0.792. The molecule has 1 aliphatic heterocycles. The summed E-state index contributed by atoms with van der Waals surface area (Å²) in [5, 5.41) is 1.58. The van der Waals surface area contributed by atoms with Crippen LogP contribution in [0.3, 0.4) is 0 Å². The molecule has 3 heterocycles. The number of hydrogen-bond donors (Lipinski definition) is 2. The molecule has 0 radical (unpaired) electrons. The first kappa shape index (κ1) is 21.7. The van der Waals surface area contributed by atoms with Crippen LogP contribution in [0.15, 0.2) is 60.9 Å². The van der Waals surface area contributed by atoms with Crippen molar-refractivity contribution in [1.82, 2.24) is 19.3 Å². The highest BCUT2D eigenvalue weighted by Gasteiger charge is 2.28. The van der Waals surface area contributed by atoms with Gasteiger partial charge in [-0.15, -0.1) is 0 Å². The number of piperazine rings is 1. The molecule has 33 heavy (non-hydrogen) atoms. The van der Waals surface area contributed by atoms with E-state index in [2.05, 4.69) is 24.6 Å². The lowest BCUT2D eigenvalue weighted by Crippen LogP contribution is -2.50. The number of nitrogens with zero attached hydrogens (tertiary/aromatic N) is 4. The molecule has 0 saturated carbocycles. The number of aromatic amines is 1. The average Bonchev–Trinajstić information content (AvgIpc) is 3.25. The minimum Gasteiger partial charge on any atom is -0.353 e. The molecule has 5 rings (SSSR count). The summed E-state index contributed by atoms with van der Waals surface area (Å²) in [6.07, 6.45) is 1.53. The van der Waals surface area contributed by atoms with Crippen molar-refractivity contribution in [2.45, 2.75) is 6.92 Å². The molecule has 1 aliphatic rings.